The molecule has 0 bridgehead atoms. The molecule has 0 aliphatic carbocycles. The van der Waals surface area contributed by atoms with E-state index in [2.05, 4.69) is 4.98 Å². The van der Waals surface area contributed by atoms with Crippen molar-refractivity contribution in [2.24, 2.45) is 0 Å². The van der Waals surface area contributed by atoms with Gasteiger partial charge in [-0.1, -0.05) is 0 Å². The molecule has 0 fully saturated rings. The zero-order valence-corrected chi connectivity index (χ0v) is 9.98. The van der Waals surface area contributed by atoms with Crippen molar-refractivity contribution in [2.75, 3.05) is 6.61 Å². The van der Waals surface area contributed by atoms with Gasteiger partial charge in [0.15, 0.2) is 11.6 Å². The van der Waals surface area contributed by atoms with Crippen LogP contribution in [0.3, 0.4) is 0 Å². The molecule has 96 valence electrons. The van der Waals surface area contributed by atoms with E-state index in [-0.39, 0.29) is 6.61 Å². The molecule has 0 amide bonds. The number of esters is 1. The summed E-state index contributed by atoms with van der Waals surface area (Å²) in [7, 11) is 0. The van der Waals surface area contributed by atoms with Gasteiger partial charge in [-0.15, -0.1) is 0 Å². The van der Waals surface area contributed by atoms with Crippen molar-refractivity contribution < 1.29 is 18.3 Å². The van der Waals surface area contributed by atoms with Crippen LogP contribution in [-0.4, -0.2) is 22.1 Å². The summed E-state index contributed by atoms with van der Waals surface area (Å²) in [6.45, 7) is 3.57. The zero-order valence-electron chi connectivity index (χ0n) is 9.98. The van der Waals surface area contributed by atoms with Gasteiger partial charge in [0.1, 0.15) is 6.04 Å². The second-order valence-electron chi connectivity index (χ2n) is 3.83. The van der Waals surface area contributed by atoms with Gasteiger partial charge in [-0.3, -0.25) is 0 Å². The number of rotatable bonds is 3. The van der Waals surface area contributed by atoms with Crippen molar-refractivity contribution in [2.45, 2.75) is 19.9 Å². The number of nitrogens with zero attached hydrogens (tertiary/aromatic N) is 2. The first-order valence-electron chi connectivity index (χ1n) is 5.52. The van der Waals surface area contributed by atoms with E-state index in [4.69, 9.17) is 4.74 Å². The topological polar surface area (TPSA) is 44.1 Å². The number of aromatic nitrogens is 2. The number of imidazole rings is 1. The average Bonchev–Trinajstić information content (AvgIpc) is 2.72. The molecule has 0 aliphatic rings. The summed E-state index contributed by atoms with van der Waals surface area (Å²) in [5.74, 6) is -2.38. The highest BCUT2D eigenvalue weighted by molar-refractivity contribution is 5.80. The summed E-state index contributed by atoms with van der Waals surface area (Å²) >= 11 is 0. The van der Waals surface area contributed by atoms with E-state index in [9.17, 15) is 13.6 Å². The van der Waals surface area contributed by atoms with Crippen LogP contribution in [0.1, 0.15) is 19.9 Å². The second-order valence-corrected chi connectivity index (χ2v) is 3.83. The number of fused-ring (bicyclic) bond motifs is 1. The Morgan fingerprint density at radius 1 is 1.44 bits per heavy atom. The SMILES string of the molecule is CCOC(=O)C(C)n1cnc2cc(F)c(F)cc21. The Bertz CT molecular complexity index is 595. The maximum atomic E-state index is 13.2. The lowest BCUT2D eigenvalue weighted by Gasteiger charge is -2.12. The lowest BCUT2D eigenvalue weighted by Crippen LogP contribution is -2.18. The van der Waals surface area contributed by atoms with Crippen LogP contribution < -0.4 is 0 Å². The van der Waals surface area contributed by atoms with Crippen molar-refractivity contribution in [1.82, 2.24) is 9.55 Å². The van der Waals surface area contributed by atoms with E-state index >= 15 is 0 Å². The van der Waals surface area contributed by atoms with Gasteiger partial charge < -0.3 is 9.30 Å². The summed E-state index contributed by atoms with van der Waals surface area (Å²) in [5.41, 5.74) is 0.652. The van der Waals surface area contributed by atoms with Crippen LogP contribution in [-0.2, 0) is 9.53 Å². The van der Waals surface area contributed by atoms with Gasteiger partial charge in [-0.05, 0) is 13.8 Å². The summed E-state index contributed by atoms with van der Waals surface area (Å²) in [6.07, 6.45) is 1.37. The van der Waals surface area contributed by atoms with E-state index in [0.717, 1.165) is 12.1 Å². The Morgan fingerprint density at radius 2 is 2.11 bits per heavy atom. The second kappa shape index (κ2) is 4.72. The maximum Gasteiger partial charge on any atom is 0.328 e. The van der Waals surface area contributed by atoms with Gasteiger partial charge in [0.2, 0.25) is 0 Å². The minimum absolute atomic E-state index is 0.263. The lowest BCUT2D eigenvalue weighted by atomic mass is 10.2. The van der Waals surface area contributed by atoms with Gasteiger partial charge in [0, 0.05) is 12.1 Å². The molecule has 1 atom stereocenters. The van der Waals surface area contributed by atoms with Crippen LogP contribution in [0.15, 0.2) is 18.5 Å². The molecule has 0 N–H and O–H groups in total. The summed E-state index contributed by atoms with van der Waals surface area (Å²) in [6, 6.07) is 1.38. The van der Waals surface area contributed by atoms with Crippen LogP contribution in [0.2, 0.25) is 0 Å². The molecule has 0 aliphatic heterocycles. The summed E-state index contributed by atoms with van der Waals surface area (Å²) in [4.78, 5) is 15.5. The molecular formula is C12H12F2N2O2. The van der Waals surface area contributed by atoms with Crippen molar-refractivity contribution in [3.8, 4) is 0 Å². The molecule has 1 aromatic heterocycles. The number of hydrogen-bond donors (Lipinski definition) is 0. The molecule has 2 aromatic rings. The fourth-order valence-electron chi connectivity index (χ4n) is 1.71. The van der Waals surface area contributed by atoms with Gasteiger partial charge >= 0.3 is 5.97 Å². The molecule has 2 rings (SSSR count). The molecule has 0 saturated carbocycles. The molecule has 0 spiro atoms. The fourth-order valence-corrected chi connectivity index (χ4v) is 1.71. The predicted molar refractivity (Wildman–Crippen MR) is 61.0 cm³/mol. The van der Waals surface area contributed by atoms with Crippen molar-refractivity contribution in [3.05, 3.63) is 30.1 Å². The highest BCUT2D eigenvalue weighted by Gasteiger charge is 2.19. The minimum Gasteiger partial charge on any atom is -0.464 e. The van der Waals surface area contributed by atoms with Crippen LogP contribution in [0.4, 0.5) is 8.78 Å². The molecule has 1 aromatic carbocycles. The van der Waals surface area contributed by atoms with Crippen LogP contribution in [0.5, 0.6) is 0 Å². The van der Waals surface area contributed by atoms with Crippen molar-refractivity contribution in [1.29, 1.82) is 0 Å². The molecule has 1 unspecified atom stereocenters. The minimum atomic E-state index is -0.972. The van der Waals surface area contributed by atoms with Crippen molar-refractivity contribution >= 4 is 17.0 Å². The third kappa shape index (κ3) is 2.05. The van der Waals surface area contributed by atoms with Crippen LogP contribution >= 0.6 is 0 Å². The molecule has 0 saturated heterocycles. The average molecular weight is 254 g/mol. The van der Waals surface area contributed by atoms with E-state index in [1.54, 1.807) is 13.8 Å². The monoisotopic (exact) mass is 254 g/mol. The Labute approximate surface area is 102 Å². The highest BCUT2D eigenvalue weighted by Crippen LogP contribution is 2.21. The van der Waals surface area contributed by atoms with Gasteiger partial charge in [-0.2, -0.15) is 0 Å². The molecule has 6 heteroatoms. The zero-order chi connectivity index (χ0) is 13.3. The quantitative estimate of drug-likeness (QED) is 0.790. The number of carbonyl (C=O) groups is 1. The standard InChI is InChI=1S/C12H12F2N2O2/c1-3-18-12(17)7(2)16-6-15-10-4-8(13)9(14)5-11(10)16/h4-7H,3H2,1-2H3. The summed E-state index contributed by atoms with van der Waals surface area (Å²) in [5, 5.41) is 0. The first-order chi connectivity index (χ1) is 8.54. The van der Waals surface area contributed by atoms with E-state index in [1.807, 2.05) is 0 Å². The predicted octanol–water partition coefficient (Wildman–Crippen LogP) is 2.44. The van der Waals surface area contributed by atoms with Crippen molar-refractivity contribution in [3.63, 3.8) is 0 Å². The third-order valence-electron chi connectivity index (χ3n) is 2.66. The summed E-state index contributed by atoms with van der Waals surface area (Å²) < 4.78 is 32.5. The van der Waals surface area contributed by atoms with Gasteiger partial charge in [0.25, 0.3) is 0 Å². The molecule has 0 radical (unpaired) electrons. The third-order valence-corrected chi connectivity index (χ3v) is 2.66. The fraction of sp³-hybridized carbons (Fsp3) is 0.333. The maximum absolute atomic E-state index is 13.2. The van der Waals surface area contributed by atoms with E-state index < -0.39 is 23.6 Å². The van der Waals surface area contributed by atoms with Gasteiger partial charge in [0.05, 0.1) is 24.0 Å². The Morgan fingerprint density at radius 3 is 2.78 bits per heavy atom. The normalized spacial score (nSPS) is 12.7. The van der Waals surface area contributed by atoms with E-state index in [1.165, 1.54) is 10.9 Å². The molecule has 18 heavy (non-hydrogen) atoms. The molecular weight excluding hydrogens is 242 g/mol. The van der Waals surface area contributed by atoms with Crippen LogP contribution in [0, 0.1) is 11.6 Å². The number of hydrogen-bond acceptors (Lipinski definition) is 3. The van der Waals surface area contributed by atoms with E-state index in [0.29, 0.717) is 11.0 Å². The Balaban J connectivity index is 2.46. The van der Waals surface area contributed by atoms with Gasteiger partial charge in [-0.25, -0.2) is 18.6 Å². The van der Waals surface area contributed by atoms with Crippen LogP contribution in [0.25, 0.3) is 11.0 Å². The highest BCUT2D eigenvalue weighted by atomic mass is 19.2. The Kier molecular flexibility index (Phi) is 3.27. The Hall–Kier alpha value is -1.98. The molecule has 1 heterocycles. The molecule has 4 nitrogen and oxygen atoms in total. The largest absolute Gasteiger partial charge is 0.464 e. The number of ether oxygens (including phenoxy) is 1. The first kappa shape index (κ1) is 12.5. The number of carbonyl (C=O) groups excluding carboxylic acids is 1. The number of benzene rings is 1. The first-order valence-corrected chi connectivity index (χ1v) is 5.52. The lowest BCUT2D eigenvalue weighted by molar-refractivity contribution is -0.146. The number of halogens is 2. The smallest absolute Gasteiger partial charge is 0.328 e.